The van der Waals surface area contributed by atoms with Crippen molar-refractivity contribution in [3.05, 3.63) is 33.2 Å². The number of ether oxygens (including phenoxy) is 1. The normalized spacial score (nSPS) is 26.1. The van der Waals surface area contributed by atoms with Crippen molar-refractivity contribution in [1.82, 2.24) is 14.5 Å². The summed E-state index contributed by atoms with van der Waals surface area (Å²) in [4.78, 5) is 18.3. The molecule has 1 aromatic heterocycles. The molecular weight excluding hydrogens is 421 g/mol. The number of nitrogens with one attached hydrogen (secondary N) is 1. The number of likely N-dealkylation sites (tertiary alicyclic amines) is 1. The van der Waals surface area contributed by atoms with E-state index in [1.54, 1.807) is 0 Å². The first-order valence-corrected chi connectivity index (χ1v) is 11.6. The maximum absolute atomic E-state index is 12.7. The maximum Gasteiger partial charge on any atom is 0.326 e. The lowest BCUT2D eigenvalue weighted by molar-refractivity contribution is -0.0305. The summed E-state index contributed by atoms with van der Waals surface area (Å²) in [5.74, 6) is 0. The smallest absolute Gasteiger partial charge is 0.326 e. The Balaban J connectivity index is 0.00000256. The zero-order chi connectivity index (χ0) is 20.6. The molecule has 1 aliphatic heterocycles. The number of H-pyrrole nitrogens is 1. The molecule has 0 bridgehead atoms. The molecule has 0 radical (unpaired) electrons. The van der Waals surface area contributed by atoms with Crippen LogP contribution < -0.4 is 5.69 Å². The number of benzene rings is 1. The predicted molar refractivity (Wildman–Crippen MR) is 126 cm³/mol. The van der Waals surface area contributed by atoms with Gasteiger partial charge in [-0.3, -0.25) is 9.47 Å². The minimum Gasteiger partial charge on any atom is -0.378 e. The molecule has 0 atom stereocenters. The van der Waals surface area contributed by atoms with E-state index in [0.717, 1.165) is 55.6 Å². The van der Waals surface area contributed by atoms with Crippen LogP contribution in [-0.2, 0) is 4.74 Å². The monoisotopic (exact) mass is 455 g/mol. The van der Waals surface area contributed by atoms with Gasteiger partial charge in [-0.1, -0.05) is 18.5 Å². The topological polar surface area (TPSA) is 50.3 Å². The van der Waals surface area contributed by atoms with Crippen LogP contribution in [0.5, 0.6) is 0 Å². The number of aryl methyl sites for hydroxylation is 1. The van der Waals surface area contributed by atoms with Crippen LogP contribution in [0.2, 0.25) is 5.02 Å². The van der Waals surface area contributed by atoms with Crippen LogP contribution >= 0.6 is 24.0 Å². The first-order valence-electron chi connectivity index (χ1n) is 11.2. The van der Waals surface area contributed by atoms with E-state index in [1.165, 1.54) is 25.7 Å². The molecule has 2 fully saturated rings. The first kappa shape index (κ1) is 23.6. The minimum atomic E-state index is -0.0140. The van der Waals surface area contributed by atoms with Crippen molar-refractivity contribution in [3.8, 4) is 0 Å². The van der Waals surface area contributed by atoms with Crippen LogP contribution in [0.4, 0.5) is 0 Å². The quantitative estimate of drug-likeness (QED) is 0.649. The minimum absolute atomic E-state index is 0. The van der Waals surface area contributed by atoms with E-state index < -0.39 is 0 Å². The van der Waals surface area contributed by atoms with Crippen molar-refractivity contribution in [2.75, 3.05) is 19.7 Å². The van der Waals surface area contributed by atoms with Gasteiger partial charge in [0.25, 0.3) is 0 Å². The number of hydrogen-bond acceptors (Lipinski definition) is 3. The molecule has 2 aliphatic rings. The van der Waals surface area contributed by atoms with Gasteiger partial charge in [0.2, 0.25) is 0 Å². The zero-order valence-corrected chi connectivity index (χ0v) is 20.0. The van der Waals surface area contributed by atoms with Crippen molar-refractivity contribution in [2.45, 2.75) is 83.4 Å². The third-order valence-corrected chi connectivity index (χ3v) is 7.56. The summed E-state index contributed by atoms with van der Waals surface area (Å²) in [6.07, 6.45) is 8.31. The fourth-order valence-corrected chi connectivity index (χ4v) is 5.42. The van der Waals surface area contributed by atoms with Crippen LogP contribution in [0, 0.1) is 6.92 Å². The van der Waals surface area contributed by atoms with Crippen LogP contribution in [-0.4, -0.2) is 45.8 Å². The molecule has 168 valence electrons. The number of imidazole rings is 1. The zero-order valence-electron chi connectivity index (χ0n) is 18.4. The Morgan fingerprint density at radius 2 is 1.87 bits per heavy atom. The van der Waals surface area contributed by atoms with Gasteiger partial charge in [0.15, 0.2) is 0 Å². The SMILES string of the molecule is CCCO[C@H]1CC[C@@](C)(N2CCC(n3c(=O)[nH]c4cc(Cl)c(C)cc43)CC2)CC1.Cl. The van der Waals surface area contributed by atoms with Crippen molar-refractivity contribution in [2.24, 2.45) is 0 Å². The third-order valence-electron chi connectivity index (χ3n) is 7.16. The van der Waals surface area contributed by atoms with Crippen LogP contribution in [0.15, 0.2) is 16.9 Å². The highest BCUT2D eigenvalue weighted by molar-refractivity contribution is 6.32. The second kappa shape index (κ2) is 9.64. The lowest BCUT2D eigenvalue weighted by atomic mass is 9.79. The van der Waals surface area contributed by atoms with E-state index in [1.807, 2.05) is 23.6 Å². The Kier molecular flexibility index (Phi) is 7.60. The summed E-state index contributed by atoms with van der Waals surface area (Å²) in [6.45, 7) is 9.57. The fourth-order valence-electron chi connectivity index (χ4n) is 5.26. The lowest BCUT2D eigenvalue weighted by Crippen LogP contribution is -2.53. The molecule has 1 saturated heterocycles. The van der Waals surface area contributed by atoms with Crippen molar-refractivity contribution in [3.63, 3.8) is 0 Å². The van der Waals surface area contributed by atoms with Gasteiger partial charge in [0.05, 0.1) is 17.1 Å². The number of aromatic nitrogens is 2. The Bertz CT molecular complexity index is 907. The number of piperidine rings is 1. The molecule has 1 N–H and O–H groups in total. The van der Waals surface area contributed by atoms with Gasteiger partial charge in [-0.05, 0) is 76.5 Å². The summed E-state index contributed by atoms with van der Waals surface area (Å²) in [6, 6.07) is 4.17. The Labute approximate surface area is 190 Å². The molecule has 0 amide bonds. The molecule has 0 spiro atoms. The van der Waals surface area contributed by atoms with Gasteiger partial charge >= 0.3 is 5.69 Å². The molecule has 4 rings (SSSR count). The van der Waals surface area contributed by atoms with Gasteiger partial charge < -0.3 is 9.72 Å². The Morgan fingerprint density at radius 1 is 1.20 bits per heavy atom. The van der Waals surface area contributed by atoms with E-state index >= 15 is 0 Å². The van der Waals surface area contributed by atoms with Gasteiger partial charge in [0, 0.05) is 36.3 Å². The summed E-state index contributed by atoms with van der Waals surface area (Å²) in [7, 11) is 0. The second-order valence-corrected chi connectivity index (χ2v) is 9.61. The molecule has 2 aromatic rings. The number of fused-ring (bicyclic) bond motifs is 1. The number of rotatable bonds is 5. The molecule has 0 unspecified atom stereocenters. The molecular formula is C23H35Cl2N3O2. The largest absolute Gasteiger partial charge is 0.378 e. The first-order chi connectivity index (χ1) is 13.9. The Morgan fingerprint density at radius 3 is 2.50 bits per heavy atom. The summed E-state index contributed by atoms with van der Waals surface area (Å²) in [5.41, 5.74) is 3.09. The number of nitrogens with zero attached hydrogens (tertiary/aromatic N) is 2. The highest BCUT2D eigenvalue weighted by atomic mass is 35.5. The predicted octanol–water partition coefficient (Wildman–Crippen LogP) is 5.48. The molecule has 1 aliphatic carbocycles. The van der Waals surface area contributed by atoms with Gasteiger partial charge in [-0.25, -0.2) is 4.79 Å². The molecule has 1 aromatic carbocycles. The van der Waals surface area contributed by atoms with Crippen LogP contribution in [0.25, 0.3) is 11.0 Å². The number of hydrogen-bond donors (Lipinski definition) is 1. The van der Waals surface area contributed by atoms with E-state index in [2.05, 4.69) is 23.7 Å². The maximum atomic E-state index is 12.7. The molecule has 5 nitrogen and oxygen atoms in total. The average molecular weight is 456 g/mol. The van der Waals surface area contributed by atoms with Crippen molar-refractivity contribution < 1.29 is 4.74 Å². The van der Waals surface area contributed by atoms with Crippen molar-refractivity contribution >= 4 is 35.0 Å². The number of aromatic amines is 1. The van der Waals surface area contributed by atoms with E-state index in [9.17, 15) is 4.79 Å². The molecule has 1 saturated carbocycles. The van der Waals surface area contributed by atoms with Crippen LogP contribution in [0.1, 0.15) is 70.4 Å². The molecule has 2 heterocycles. The van der Waals surface area contributed by atoms with Gasteiger partial charge in [-0.2, -0.15) is 0 Å². The lowest BCUT2D eigenvalue weighted by Gasteiger charge is -2.48. The second-order valence-electron chi connectivity index (χ2n) is 9.20. The van der Waals surface area contributed by atoms with Gasteiger partial charge in [0.1, 0.15) is 0 Å². The van der Waals surface area contributed by atoms with E-state index in [4.69, 9.17) is 16.3 Å². The highest BCUT2D eigenvalue weighted by Crippen LogP contribution is 2.38. The highest BCUT2D eigenvalue weighted by Gasteiger charge is 2.38. The van der Waals surface area contributed by atoms with E-state index in [-0.39, 0.29) is 29.7 Å². The fraction of sp³-hybridized carbons (Fsp3) is 0.696. The van der Waals surface area contributed by atoms with E-state index in [0.29, 0.717) is 11.1 Å². The Hall–Kier alpha value is -1.01. The number of halogens is 2. The average Bonchev–Trinajstić information content (AvgIpc) is 3.02. The third kappa shape index (κ3) is 4.59. The molecule has 30 heavy (non-hydrogen) atoms. The van der Waals surface area contributed by atoms with Crippen LogP contribution in [0.3, 0.4) is 0 Å². The van der Waals surface area contributed by atoms with Crippen molar-refractivity contribution in [1.29, 1.82) is 0 Å². The summed E-state index contributed by atoms with van der Waals surface area (Å²) >= 11 is 6.25. The van der Waals surface area contributed by atoms with Gasteiger partial charge in [-0.15, -0.1) is 12.4 Å². The molecule has 7 heteroatoms. The summed E-state index contributed by atoms with van der Waals surface area (Å²) in [5, 5.41) is 0.701. The summed E-state index contributed by atoms with van der Waals surface area (Å²) < 4.78 is 7.95. The standard InChI is InChI=1S/C23H34ClN3O2.ClH/c1-4-13-29-18-5-9-23(3,10-6-18)26-11-7-17(8-12-26)27-21-14-16(2)19(24)15-20(21)25-22(27)28;/h14-15,17-18H,4-13H2,1-3H3,(H,25,28);1H/t18-,23+;.